The number of aliphatic carboxylic acids is 1. The van der Waals surface area contributed by atoms with Crippen molar-refractivity contribution in [2.24, 2.45) is 0 Å². The molecule has 0 unspecified atom stereocenters. The van der Waals surface area contributed by atoms with E-state index in [1.165, 1.54) is 13.6 Å². The van der Waals surface area contributed by atoms with E-state index < -0.39 is 5.97 Å². The van der Waals surface area contributed by atoms with Gasteiger partial charge in [-0.05, 0) is 0 Å². The molecule has 0 aromatic rings. The molecule has 11 heavy (non-hydrogen) atoms. The van der Waals surface area contributed by atoms with Gasteiger partial charge in [0.05, 0.1) is 15.7 Å². The molecule has 0 bridgehead atoms. The zero-order valence-electron chi connectivity index (χ0n) is 6.96. The lowest BCUT2D eigenvalue weighted by atomic mass is 10.2. The molecule has 0 aromatic heterocycles. The van der Waals surface area contributed by atoms with Gasteiger partial charge in [-0.15, -0.1) is 0 Å². The van der Waals surface area contributed by atoms with Crippen LogP contribution in [-0.4, -0.2) is 39.0 Å². The van der Waals surface area contributed by atoms with Gasteiger partial charge in [0, 0.05) is 14.0 Å². The number of aliphatic hydroxyl groups is 1. The van der Waals surface area contributed by atoms with Crippen LogP contribution in [-0.2, 0) is 4.79 Å². The highest BCUT2D eigenvalue weighted by molar-refractivity contribution is 6.05. The molecule has 0 atom stereocenters. The second-order valence-corrected chi connectivity index (χ2v) is 0.519. The Labute approximate surface area is 72.6 Å². The Kier molecular flexibility index (Phi) is 303. The van der Waals surface area contributed by atoms with Crippen molar-refractivity contribution >= 4 is 21.7 Å². The van der Waals surface area contributed by atoms with Gasteiger partial charge in [-0.25, -0.2) is 0 Å². The van der Waals surface area contributed by atoms with E-state index in [0.29, 0.717) is 0 Å². The van der Waals surface area contributed by atoms with Crippen LogP contribution in [0, 0.1) is 0 Å². The molecule has 0 fully saturated rings. The fourth-order valence-corrected chi connectivity index (χ4v) is 0. The summed E-state index contributed by atoms with van der Waals surface area (Å²) in [5.74, 6) is -0.833. The van der Waals surface area contributed by atoms with Crippen LogP contribution in [0.1, 0.15) is 14.4 Å². The third-order valence-electron chi connectivity index (χ3n) is 0. The minimum absolute atomic E-state index is 0. The maximum absolute atomic E-state index is 9.00. The Bertz CT molecular complexity index is 38.8. The van der Waals surface area contributed by atoms with Crippen molar-refractivity contribution in [1.29, 1.82) is 0 Å². The number of carboxylic acid groups (broad SMARTS) is 1. The molecule has 0 aromatic carbocycles. The second-order valence-electron chi connectivity index (χ2n) is 0.519. The van der Waals surface area contributed by atoms with E-state index in [0.717, 1.165) is 14.0 Å². The van der Waals surface area contributed by atoms with E-state index in [4.69, 9.17) is 15.0 Å². The van der Waals surface area contributed by atoms with Gasteiger partial charge in [0.25, 0.3) is 5.97 Å². The highest BCUT2D eigenvalue weighted by atomic mass is 16.4. The van der Waals surface area contributed by atoms with Gasteiger partial charge in [0.15, 0.2) is 0 Å². The van der Waals surface area contributed by atoms with Crippen molar-refractivity contribution in [3.8, 4) is 0 Å². The van der Waals surface area contributed by atoms with Crippen LogP contribution in [0.4, 0.5) is 0 Å². The summed E-state index contributed by atoms with van der Waals surface area (Å²) < 4.78 is 0. The number of carboxylic acids is 1. The summed E-state index contributed by atoms with van der Waals surface area (Å²) in [4.78, 5) is 9.00. The molecular formula is C6H18B2O3. The maximum atomic E-state index is 9.00. The fraction of sp³-hybridized carbons (Fsp3) is 0.833. The van der Waals surface area contributed by atoms with Crippen molar-refractivity contribution in [3.05, 3.63) is 0 Å². The first kappa shape index (κ1) is 31.2. The van der Waals surface area contributed by atoms with Crippen LogP contribution in [0.5, 0.6) is 0 Å². The molecule has 0 saturated carbocycles. The zero-order chi connectivity index (χ0) is 9.58. The Balaban J connectivity index is -0.0000000152. The molecule has 2 N–H and O–H groups in total. The first-order valence-corrected chi connectivity index (χ1v) is 2.53. The molecule has 0 aliphatic rings. The summed E-state index contributed by atoms with van der Waals surface area (Å²) in [6.07, 6.45) is 0. The fourth-order valence-electron chi connectivity index (χ4n) is 0. The third-order valence-corrected chi connectivity index (χ3v) is 0. The predicted octanol–water partition coefficient (Wildman–Crippen LogP) is 0.741. The third kappa shape index (κ3) is 2820. The molecule has 0 saturated heterocycles. The summed E-state index contributed by atoms with van der Waals surface area (Å²) in [5.41, 5.74) is 0. The minimum Gasteiger partial charge on any atom is -0.481 e. The number of hydrogen-bond donors (Lipinski definition) is 2. The Morgan fingerprint density at radius 3 is 1.09 bits per heavy atom. The molecule has 0 amide bonds. The Hall–Kier alpha value is -0.440. The highest BCUT2D eigenvalue weighted by Crippen LogP contribution is 1.42. The first-order chi connectivity index (χ1) is 4.73. The van der Waals surface area contributed by atoms with Gasteiger partial charge in [0.1, 0.15) is 0 Å². The molecule has 5 heteroatoms. The monoisotopic (exact) mass is 160 g/mol. The van der Waals surface area contributed by atoms with Gasteiger partial charge in [-0.2, -0.15) is 0 Å². The summed E-state index contributed by atoms with van der Waals surface area (Å²) in [5, 5.41) is 14.4. The number of aliphatic hydroxyl groups excluding tert-OH is 1. The van der Waals surface area contributed by atoms with Crippen molar-refractivity contribution in [2.45, 2.75) is 28.0 Å². The standard InChI is InChI=1S/C2H4O2.2CH3B.CH4O.CH4/c1-2(3)4;3*1-2;/h1H3,(H,3,4);2*1H3;2H,1H3;1H4. The summed E-state index contributed by atoms with van der Waals surface area (Å²) in [6.45, 7) is 4.08. The van der Waals surface area contributed by atoms with Gasteiger partial charge in [0.2, 0.25) is 0 Å². The smallest absolute Gasteiger partial charge is 0.300 e. The van der Waals surface area contributed by atoms with Crippen LogP contribution >= 0.6 is 0 Å². The van der Waals surface area contributed by atoms with Crippen LogP contribution in [0.25, 0.3) is 0 Å². The lowest BCUT2D eigenvalue weighted by Gasteiger charge is -1.59. The zero-order valence-corrected chi connectivity index (χ0v) is 6.96. The molecule has 0 rings (SSSR count). The number of rotatable bonds is 0. The van der Waals surface area contributed by atoms with E-state index >= 15 is 0 Å². The van der Waals surface area contributed by atoms with Crippen LogP contribution < -0.4 is 0 Å². The van der Waals surface area contributed by atoms with E-state index in [-0.39, 0.29) is 7.43 Å². The van der Waals surface area contributed by atoms with E-state index in [2.05, 4.69) is 15.7 Å². The van der Waals surface area contributed by atoms with Crippen LogP contribution in [0.2, 0.25) is 13.6 Å². The molecule has 0 aliphatic carbocycles. The largest absolute Gasteiger partial charge is 0.481 e. The Morgan fingerprint density at radius 2 is 1.09 bits per heavy atom. The van der Waals surface area contributed by atoms with Gasteiger partial charge < -0.3 is 10.2 Å². The Morgan fingerprint density at radius 1 is 1.09 bits per heavy atom. The van der Waals surface area contributed by atoms with Crippen molar-refractivity contribution < 1.29 is 15.0 Å². The summed E-state index contributed by atoms with van der Waals surface area (Å²) in [7, 11) is 10.0. The molecule has 4 radical (unpaired) electrons. The number of hydrogen-bond acceptors (Lipinski definition) is 2. The van der Waals surface area contributed by atoms with Crippen molar-refractivity contribution in [2.75, 3.05) is 7.11 Å². The van der Waals surface area contributed by atoms with Crippen LogP contribution in [0.15, 0.2) is 0 Å². The lowest BCUT2D eigenvalue weighted by molar-refractivity contribution is -0.134. The van der Waals surface area contributed by atoms with E-state index in [1.54, 1.807) is 0 Å². The molecular weight excluding hydrogens is 142 g/mol. The van der Waals surface area contributed by atoms with E-state index in [9.17, 15) is 0 Å². The lowest BCUT2D eigenvalue weighted by Crippen LogP contribution is -1.78. The molecule has 66 valence electrons. The van der Waals surface area contributed by atoms with Crippen LogP contribution in [0.3, 0.4) is 0 Å². The predicted molar refractivity (Wildman–Crippen MR) is 51.4 cm³/mol. The maximum Gasteiger partial charge on any atom is 0.300 e. The molecule has 3 nitrogen and oxygen atoms in total. The van der Waals surface area contributed by atoms with E-state index in [1.807, 2.05) is 0 Å². The SMILES string of the molecule is C.CC(=O)O.CO.[B]C.[B]C. The summed E-state index contributed by atoms with van der Waals surface area (Å²) >= 11 is 0. The average molecular weight is 160 g/mol. The molecule has 0 heterocycles. The average Bonchev–Trinajstić information content (AvgIpc) is 1.98. The van der Waals surface area contributed by atoms with Crippen molar-refractivity contribution in [1.82, 2.24) is 0 Å². The normalized spacial score (nSPS) is 3.73. The first-order valence-electron chi connectivity index (χ1n) is 2.53. The quantitative estimate of drug-likeness (QED) is 0.513. The number of carbonyl (C=O) groups is 1. The van der Waals surface area contributed by atoms with Gasteiger partial charge >= 0.3 is 0 Å². The van der Waals surface area contributed by atoms with Gasteiger partial charge in [-0.3, -0.25) is 4.79 Å². The van der Waals surface area contributed by atoms with Crippen molar-refractivity contribution in [3.63, 3.8) is 0 Å². The highest BCUT2D eigenvalue weighted by Gasteiger charge is 1.65. The molecule has 0 aliphatic heterocycles. The minimum atomic E-state index is -0.833. The summed E-state index contributed by atoms with van der Waals surface area (Å²) in [6, 6.07) is 0. The second kappa shape index (κ2) is 107. The topological polar surface area (TPSA) is 57.5 Å². The molecule has 0 spiro atoms. The van der Waals surface area contributed by atoms with Gasteiger partial charge in [-0.1, -0.05) is 21.1 Å².